The monoisotopic (exact) mass is 220 g/mol. The molecule has 1 aromatic rings. The summed E-state index contributed by atoms with van der Waals surface area (Å²) in [6.45, 7) is 3.87. The van der Waals surface area contributed by atoms with Crippen LogP contribution in [0.4, 0.5) is 0 Å². The van der Waals surface area contributed by atoms with E-state index < -0.39 is 0 Å². The SMILES string of the molecule is Cc1ccc(C(CC2CCOC2)NN)cc1. The van der Waals surface area contributed by atoms with Gasteiger partial charge in [0.15, 0.2) is 0 Å². The first-order valence-electron chi connectivity index (χ1n) is 5.90. The lowest BCUT2D eigenvalue weighted by atomic mass is 9.94. The van der Waals surface area contributed by atoms with E-state index in [1.807, 2.05) is 0 Å². The Morgan fingerprint density at radius 3 is 2.75 bits per heavy atom. The van der Waals surface area contributed by atoms with Crippen LogP contribution in [0.5, 0.6) is 0 Å². The van der Waals surface area contributed by atoms with Crippen molar-refractivity contribution in [3.63, 3.8) is 0 Å². The maximum absolute atomic E-state index is 5.63. The standard InChI is InChI=1S/C13H20N2O/c1-10-2-4-12(5-3-10)13(15-14)8-11-6-7-16-9-11/h2-5,11,13,15H,6-9,14H2,1H3. The Bertz CT molecular complexity index is 317. The van der Waals surface area contributed by atoms with Gasteiger partial charge in [0.1, 0.15) is 0 Å². The second-order valence-corrected chi connectivity index (χ2v) is 4.60. The fourth-order valence-corrected chi connectivity index (χ4v) is 2.20. The normalized spacial score (nSPS) is 22.2. The predicted molar refractivity (Wildman–Crippen MR) is 64.8 cm³/mol. The molecule has 2 unspecified atom stereocenters. The predicted octanol–water partition coefficient (Wildman–Crippen LogP) is 1.93. The van der Waals surface area contributed by atoms with Gasteiger partial charge in [0, 0.05) is 19.3 Å². The zero-order chi connectivity index (χ0) is 11.4. The van der Waals surface area contributed by atoms with Crippen molar-refractivity contribution in [2.24, 2.45) is 11.8 Å². The zero-order valence-corrected chi connectivity index (χ0v) is 9.78. The van der Waals surface area contributed by atoms with Crippen molar-refractivity contribution in [3.8, 4) is 0 Å². The Morgan fingerprint density at radius 2 is 2.19 bits per heavy atom. The highest BCUT2D eigenvalue weighted by Crippen LogP contribution is 2.26. The molecule has 1 fully saturated rings. The lowest BCUT2D eigenvalue weighted by Crippen LogP contribution is -2.29. The van der Waals surface area contributed by atoms with Gasteiger partial charge in [-0.15, -0.1) is 0 Å². The van der Waals surface area contributed by atoms with E-state index in [1.54, 1.807) is 0 Å². The Balaban J connectivity index is 2.00. The molecule has 0 bridgehead atoms. The second kappa shape index (κ2) is 5.43. The number of hydrazine groups is 1. The molecule has 1 saturated heterocycles. The third-order valence-corrected chi connectivity index (χ3v) is 3.27. The molecule has 0 radical (unpaired) electrons. The summed E-state index contributed by atoms with van der Waals surface area (Å²) in [4.78, 5) is 0. The average Bonchev–Trinajstić information content (AvgIpc) is 2.80. The van der Waals surface area contributed by atoms with E-state index >= 15 is 0 Å². The van der Waals surface area contributed by atoms with E-state index in [4.69, 9.17) is 10.6 Å². The molecule has 2 rings (SSSR count). The molecule has 0 aromatic heterocycles. The minimum atomic E-state index is 0.243. The molecule has 16 heavy (non-hydrogen) atoms. The molecule has 0 spiro atoms. The summed E-state index contributed by atoms with van der Waals surface area (Å²) in [6, 6.07) is 8.80. The van der Waals surface area contributed by atoms with Crippen molar-refractivity contribution in [2.45, 2.75) is 25.8 Å². The van der Waals surface area contributed by atoms with Crippen LogP contribution < -0.4 is 11.3 Å². The first kappa shape index (κ1) is 11.6. The maximum Gasteiger partial charge on any atom is 0.0495 e. The minimum Gasteiger partial charge on any atom is -0.381 e. The lowest BCUT2D eigenvalue weighted by molar-refractivity contribution is 0.181. The van der Waals surface area contributed by atoms with Crippen LogP contribution in [0.2, 0.25) is 0 Å². The van der Waals surface area contributed by atoms with Crippen molar-refractivity contribution in [1.29, 1.82) is 0 Å². The van der Waals surface area contributed by atoms with Gasteiger partial charge in [-0.2, -0.15) is 0 Å². The van der Waals surface area contributed by atoms with E-state index in [0.29, 0.717) is 5.92 Å². The van der Waals surface area contributed by atoms with Gasteiger partial charge < -0.3 is 4.74 Å². The summed E-state index contributed by atoms with van der Waals surface area (Å²) < 4.78 is 5.39. The zero-order valence-electron chi connectivity index (χ0n) is 9.78. The maximum atomic E-state index is 5.63. The largest absolute Gasteiger partial charge is 0.381 e. The molecule has 3 N–H and O–H groups in total. The van der Waals surface area contributed by atoms with Gasteiger partial charge in [0.25, 0.3) is 0 Å². The number of nitrogens with two attached hydrogens (primary N) is 1. The van der Waals surface area contributed by atoms with Crippen molar-refractivity contribution in [1.82, 2.24) is 5.43 Å². The number of hydrogen-bond acceptors (Lipinski definition) is 3. The van der Waals surface area contributed by atoms with Gasteiger partial charge in [-0.1, -0.05) is 29.8 Å². The molecule has 0 aliphatic carbocycles. The Hall–Kier alpha value is -0.900. The summed E-state index contributed by atoms with van der Waals surface area (Å²) in [5.74, 6) is 6.27. The summed E-state index contributed by atoms with van der Waals surface area (Å²) in [5.41, 5.74) is 5.45. The van der Waals surface area contributed by atoms with Crippen LogP contribution in [0.25, 0.3) is 0 Å². The minimum absolute atomic E-state index is 0.243. The lowest BCUT2D eigenvalue weighted by Gasteiger charge is -2.19. The fourth-order valence-electron chi connectivity index (χ4n) is 2.20. The topological polar surface area (TPSA) is 47.3 Å². The molecule has 1 aliphatic rings. The smallest absolute Gasteiger partial charge is 0.0495 e. The van der Waals surface area contributed by atoms with E-state index in [1.165, 1.54) is 11.1 Å². The van der Waals surface area contributed by atoms with Crippen molar-refractivity contribution in [3.05, 3.63) is 35.4 Å². The summed E-state index contributed by atoms with van der Waals surface area (Å²) in [5, 5.41) is 0. The molecule has 3 nitrogen and oxygen atoms in total. The molecule has 0 amide bonds. The van der Waals surface area contributed by atoms with E-state index in [2.05, 4.69) is 36.6 Å². The van der Waals surface area contributed by atoms with Crippen molar-refractivity contribution >= 4 is 0 Å². The molecular formula is C13H20N2O. The van der Waals surface area contributed by atoms with Crippen LogP contribution in [0.15, 0.2) is 24.3 Å². The van der Waals surface area contributed by atoms with Gasteiger partial charge in [-0.25, -0.2) is 0 Å². The fraction of sp³-hybridized carbons (Fsp3) is 0.538. The number of benzene rings is 1. The third-order valence-electron chi connectivity index (χ3n) is 3.27. The first-order valence-corrected chi connectivity index (χ1v) is 5.90. The first-order chi connectivity index (χ1) is 7.79. The second-order valence-electron chi connectivity index (χ2n) is 4.60. The Labute approximate surface area is 97.0 Å². The van der Waals surface area contributed by atoms with Crippen LogP contribution in [0.1, 0.15) is 30.0 Å². The highest BCUT2D eigenvalue weighted by Gasteiger charge is 2.20. The quantitative estimate of drug-likeness (QED) is 0.602. The number of rotatable bonds is 4. The van der Waals surface area contributed by atoms with Gasteiger partial charge >= 0.3 is 0 Å². The number of nitrogens with one attached hydrogen (secondary N) is 1. The van der Waals surface area contributed by atoms with Crippen LogP contribution >= 0.6 is 0 Å². The Morgan fingerprint density at radius 1 is 1.44 bits per heavy atom. The van der Waals surface area contributed by atoms with Gasteiger partial charge in [0.2, 0.25) is 0 Å². The molecular weight excluding hydrogens is 200 g/mol. The van der Waals surface area contributed by atoms with Crippen LogP contribution in [-0.2, 0) is 4.74 Å². The summed E-state index contributed by atoms with van der Waals surface area (Å²) in [6.07, 6.45) is 2.21. The number of aryl methyl sites for hydroxylation is 1. The molecule has 1 aliphatic heterocycles. The molecule has 88 valence electrons. The number of hydrogen-bond donors (Lipinski definition) is 2. The van der Waals surface area contributed by atoms with Crippen molar-refractivity contribution in [2.75, 3.05) is 13.2 Å². The van der Waals surface area contributed by atoms with Crippen LogP contribution in [-0.4, -0.2) is 13.2 Å². The highest BCUT2D eigenvalue weighted by molar-refractivity contribution is 5.24. The van der Waals surface area contributed by atoms with Gasteiger partial charge in [-0.05, 0) is 31.2 Å². The van der Waals surface area contributed by atoms with Crippen LogP contribution in [0, 0.1) is 12.8 Å². The molecule has 0 saturated carbocycles. The molecule has 2 atom stereocenters. The third kappa shape index (κ3) is 2.82. The van der Waals surface area contributed by atoms with E-state index in [9.17, 15) is 0 Å². The van der Waals surface area contributed by atoms with Crippen LogP contribution in [0.3, 0.4) is 0 Å². The average molecular weight is 220 g/mol. The number of ether oxygens (including phenoxy) is 1. The molecule has 1 aromatic carbocycles. The highest BCUT2D eigenvalue weighted by atomic mass is 16.5. The van der Waals surface area contributed by atoms with E-state index in [-0.39, 0.29) is 6.04 Å². The Kier molecular flexibility index (Phi) is 3.93. The molecule has 3 heteroatoms. The van der Waals surface area contributed by atoms with E-state index in [0.717, 1.165) is 26.1 Å². The van der Waals surface area contributed by atoms with Gasteiger partial charge in [-0.3, -0.25) is 11.3 Å². The summed E-state index contributed by atoms with van der Waals surface area (Å²) in [7, 11) is 0. The van der Waals surface area contributed by atoms with Gasteiger partial charge in [0.05, 0.1) is 0 Å². The summed E-state index contributed by atoms with van der Waals surface area (Å²) >= 11 is 0. The molecule has 1 heterocycles. The van der Waals surface area contributed by atoms with Crippen molar-refractivity contribution < 1.29 is 4.74 Å².